The third-order valence-corrected chi connectivity index (χ3v) is 6.01. The summed E-state index contributed by atoms with van der Waals surface area (Å²) < 4.78 is 67.8. The molecule has 0 aliphatic carbocycles. The average molecular weight is 434 g/mol. The lowest BCUT2D eigenvalue weighted by molar-refractivity contribution is -0.116. The highest BCUT2D eigenvalue weighted by Gasteiger charge is 2.27. The SMILES string of the molecule is O=C(CN(Cc1ccc(F)cc1)S(=O)(=O)c1ccccc1)Nc1c(F)cccc1F. The molecule has 0 fully saturated rings. The Morgan fingerprint density at radius 3 is 2.03 bits per heavy atom. The van der Waals surface area contributed by atoms with E-state index in [1.165, 1.54) is 36.4 Å². The van der Waals surface area contributed by atoms with Crippen LogP contribution in [0.3, 0.4) is 0 Å². The molecule has 156 valence electrons. The van der Waals surface area contributed by atoms with Gasteiger partial charge in [0.15, 0.2) is 0 Å². The highest BCUT2D eigenvalue weighted by Crippen LogP contribution is 2.21. The van der Waals surface area contributed by atoms with E-state index in [1.54, 1.807) is 6.07 Å². The maximum Gasteiger partial charge on any atom is 0.243 e. The molecule has 3 rings (SSSR count). The second kappa shape index (κ2) is 9.10. The second-order valence-electron chi connectivity index (χ2n) is 6.36. The summed E-state index contributed by atoms with van der Waals surface area (Å²) in [6, 6.07) is 15.6. The molecule has 30 heavy (non-hydrogen) atoms. The van der Waals surface area contributed by atoms with Crippen LogP contribution in [0.2, 0.25) is 0 Å². The number of nitrogens with zero attached hydrogens (tertiary/aromatic N) is 1. The van der Waals surface area contributed by atoms with Gasteiger partial charge >= 0.3 is 0 Å². The van der Waals surface area contributed by atoms with Crippen LogP contribution in [0.25, 0.3) is 0 Å². The molecule has 1 amide bonds. The van der Waals surface area contributed by atoms with Crippen molar-refractivity contribution >= 4 is 21.6 Å². The maximum atomic E-state index is 13.8. The number of sulfonamides is 1. The van der Waals surface area contributed by atoms with Crippen LogP contribution in [0.15, 0.2) is 77.7 Å². The molecule has 0 aliphatic rings. The number of rotatable bonds is 7. The Kier molecular flexibility index (Phi) is 6.53. The Hall–Kier alpha value is -3.17. The van der Waals surface area contributed by atoms with Crippen molar-refractivity contribution in [1.82, 2.24) is 4.31 Å². The average Bonchev–Trinajstić information content (AvgIpc) is 2.72. The molecule has 0 heterocycles. The first-order valence-electron chi connectivity index (χ1n) is 8.81. The number of hydrogen-bond donors (Lipinski definition) is 1. The van der Waals surface area contributed by atoms with Gasteiger partial charge in [-0.1, -0.05) is 36.4 Å². The zero-order valence-electron chi connectivity index (χ0n) is 15.6. The molecule has 0 aliphatic heterocycles. The van der Waals surface area contributed by atoms with E-state index in [0.29, 0.717) is 5.56 Å². The molecule has 1 N–H and O–H groups in total. The standard InChI is InChI=1S/C21H17F3N2O3S/c22-16-11-9-15(10-12-16)13-26(30(28,29)17-5-2-1-3-6-17)14-20(27)25-21-18(23)7-4-8-19(21)24/h1-12H,13-14H2,(H,25,27). The Morgan fingerprint density at radius 2 is 1.43 bits per heavy atom. The topological polar surface area (TPSA) is 66.5 Å². The van der Waals surface area contributed by atoms with Crippen LogP contribution in [-0.2, 0) is 21.4 Å². The van der Waals surface area contributed by atoms with Crippen molar-refractivity contribution < 1.29 is 26.4 Å². The van der Waals surface area contributed by atoms with Crippen LogP contribution in [0, 0.1) is 17.5 Å². The molecule has 3 aromatic rings. The summed E-state index contributed by atoms with van der Waals surface area (Å²) in [6.45, 7) is -0.951. The van der Waals surface area contributed by atoms with E-state index in [2.05, 4.69) is 5.32 Å². The minimum Gasteiger partial charge on any atom is -0.320 e. The molecule has 3 aromatic carbocycles. The number of nitrogens with one attached hydrogen (secondary N) is 1. The van der Waals surface area contributed by atoms with Crippen molar-refractivity contribution in [2.24, 2.45) is 0 Å². The number of hydrogen-bond acceptors (Lipinski definition) is 3. The third kappa shape index (κ3) is 5.05. The first-order valence-corrected chi connectivity index (χ1v) is 10.2. The van der Waals surface area contributed by atoms with Crippen LogP contribution in [0.5, 0.6) is 0 Å². The van der Waals surface area contributed by atoms with Crippen LogP contribution in [0.4, 0.5) is 18.9 Å². The van der Waals surface area contributed by atoms with Crippen LogP contribution in [-0.4, -0.2) is 25.2 Å². The van der Waals surface area contributed by atoms with Gasteiger partial charge in [0.05, 0.1) is 11.4 Å². The molecule has 0 spiro atoms. The van der Waals surface area contributed by atoms with E-state index in [1.807, 2.05) is 0 Å². The Balaban J connectivity index is 1.89. The lowest BCUT2D eigenvalue weighted by Gasteiger charge is -2.22. The van der Waals surface area contributed by atoms with Gasteiger partial charge in [-0.3, -0.25) is 4.79 Å². The lowest BCUT2D eigenvalue weighted by atomic mass is 10.2. The fraction of sp³-hybridized carbons (Fsp3) is 0.0952. The van der Waals surface area contributed by atoms with E-state index in [9.17, 15) is 26.4 Å². The lowest BCUT2D eigenvalue weighted by Crippen LogP contribution is -2.37. The van der Waals surface area contributed by atoms with E-state index in [4.69, 9.17) is 0 Å². The van der Waals surface area contributed by atoms with E-state index in [-0.39, 0.29) is 11.4 Å². The smallest absolute Gasteiger partial charge is 0.243 e. The number of para-hydroxylation sites is 1. The molecule has 5 nitrogen and oxygen atoms in total. The first-order chi connectivity index (χ1) is 14.3. The molecule has 0 saturated carbocycles. The Morgan fingerprint density at radius 1 is 0.833 bits per heavy atom. The van der Waals surface area contributed by atoms with Crippen molar-refractivity contribution in [2.75, 3.05) is 11.9 Å². The molecule has 0 radical (unpaired) electrons. The highest BCUT2D eigenvalue weighted by atomic mass is 32.2. The van der Waals surface area contributed by atoms with Crippen molar-refractivity contribution in [3.63, 3.8) is 0 Å². The van der Waals surface area contributed by atoms with Gasteiger partial charge in [0.1, 0.15) is 23.1 Å². The minimum atomic E-state index is -4.13. The Bertz CT molecular complexity index is 1120. The minimum absolute atomic E-state index is 0.0583. The van der Waals surface area contributed by atoms with Crippen LogP contribution < -0.4 is 5.32 Å². The fourth-order valence-electron chi connectivity index (χ4n) is 2.72. The first kappa shape index (κ1) is 21.5. The van der Waals surface area contributed by atoms with Gasteiger partial charge in [-0.2, -0.15) is 4.31 Å². The number of carbonyl (C=O) groups excluding carboxylic acids is 1. The van der Waals surface area contributed by atoms with Gasteiger partial charge in [-0.15, -0.1) is 0 Å². The fourth-order valence-corrected chi connectivity index (χ4v) is 4.12. The number of benzene rings is 3. The molecule has 0 aromatic heterocycles. The van der Waals surface area contributed by atoms with E-state index >= 15 is 0 Å². The number of amides is 1. The van der Waals surface area contributed by atoms with Gasteiger partial charge in [0.25, 0.3) is 0 Å². The number of anilines is 1. The summed E-state index contributed by atoms with van der Waals surface area (Å²) >= 11 is 0. The van der Waals surface area contributed by atoms with E-state index < -0.39 is 45.6 Å². The normalized spacial score (nSPS) is 11.5. The van der Waals surface area contributed by atoms with Gasteiger partial charge in [-0.05, 0) is 42.0 Å². The van der Waals surface area contributed by atoms with Crippen LogP contribution >= 0.6 is 0 Å². The van der Waals surface area contributed by atoms with Crippen molar-refractivity contribution in [1.29, 1.82) is 0 Å². The zero-order chi connectivity index (χ0) is 21.7. The summed E-state index contributed by atoms with van der Waals surface area (Å²) in [4.78, 5) is 12.4. The molecular formula is C21H17F3N2O3S. The maximum absolute atomic E-state index is 13.8. The summed E-state index contributed by atoms with van der Waals surface area (Å²) in [6.07, 6.45) is 0. The van der Waals surface area contributed by atoms with Gasteiger partial charge < -0.3 is 5.32 Å². The predicted octanol–water partition coefficient (Wildman–Crippen LogP) is 3.93. The summed E-state index contributed by atoms with van der Waals surface area (Å²) in [5.74, 6) is -3.40. The molecule has 0 bridgehead atoms. The third-order valence-electron chi connectivity index (χ3n) is 4.20. The predicted molar refractivity (Wildman–Crippen MR) is 105 cm³/mol. The number of carbonyl (C=O) groups is 1. The van der Waals surface area contributed by atoms with Crippen molar-refractivity contribution in [3.05, 3.63) is 95.8 Å². The summed E-state index contributed by atoms with van der Waals surface area (Å²) in [5.41, 5.74) is -0.234. The molecule has 0 atom stereocenters. The largest absolute Gasteiger partial charge is 0.320 e. The number of halogens is 3. The monoisotopic (exact) mass is 434 g/mol. The van der Waals surface area contributed by atoms with Gasteiger partial charge in [0.2, 0.25) is 15.9 Å². The molecule has 0 saturated heterocycles. The Labute approximate surface area is 171 Å². The van der Waals surface area contributed by atoms with Gasteiger partial charge in [-0.25, -0.2) is 21.6 Å². The molecule has 9 heteroatoms. The summed E-state index contributed by atoms with van der Waals surface area (Å²) in [5, 5.41) is 2.07. The highest BCUT2D eigenvalue weighted by molar-refractivity contribution is 7.89. The van der Waals surface area contributed by atoms with Crippen LogP contribution in [0.1, 0.15) is 5.56 Å². The molecule has 0 unspecified atom stereocenters. The van der Waals surface area contributed by atoms with Crippen molar-refractivity contribution in [3.8, 4) is 0 Å². The van der Waals surface area contributed by atoms with E-state index in [0.717, 1.165) is 34.6 Å². The summed E-state index contributed by atoms with van der Waals surface area (Å²) in [7, 11) is -4.13. The van der Waals surface area contributed by atoms with Gasteiger partial charge in [0, 0.05) is 6.54 Å². The zero-order valence-corrected chi connectivity index (χ0v) is 16.4. The van der Waals surface area contributed by atoms with Crippen molar-refractivity contribution in [2.45, 2.75) is 11.4 Å². The molecular weight excluding hydrogens is 417 g/mol. The quantitative estimate of drug-likeness (QED) is 0.613. The second-order valence-corrected chi connectivity index (χ2v) is 8.30.